The summed E-state index contributed by atoms with van der Waals surface area (Å²) in [5.74, 6) is 5.58. The van der Waals surface area contributed by atoms with E-state index in [0.717, 1.165) is 16.0 Å². The van der Waals surface area contributed by atoms with Crippen LogP contribution in [-0.4, -0.2) is 11.7 Å². The Hall–Kier alpha value is -1.60. The van der Waals surface area contributed by atoms with Crippen LogP contribution in [0, 0.1) is 11.8 Å². The van der Waals surface area contributed by atoms with Gasteiger partial charge in [-0.05, 0) is 17.0 Å². The molecule has 1 heterocycles. The van der Waals surface area contributed by atoms with Crippen molar-refractivity contribution in [3.05, 3.63) is 57.8 Å². The molecule has 18 heavy (non-hydrogen) atoms. The van der Waals surface area contributed by atoms with Crippen LogP contribution in [-0.2, 0) is 18.0 Å². The van der Waals surface area contributed by atoms with Crippen LogP contribution in [0.2, 0.25) is 0 Å². The molecule has 2 rings (SSSR count). The van der Waals surface area contributed by atoms with Gasteiger partial charge in [0.25, 0.3) is 0 Å². The van der Waals surface area contributed by atoms with E-state index in [4.69, 9.17) is 9.84 Å². The minimum Gasteiger partial charge on any atom is -0.384 e. The minimum absolute atomic E-state index is 0.111. The lowest BCUT2D eigenvalue weighted by Crippen LogP contribution is -1.93. The van der Waals surface area contributed by atoms with Gasteiger partial charge in [-0.3, -0.25) is 0 Å². The highest BCUT2D eigenvalue weighted by Gasteiger charge is 2.02. The molecule has 0 atom stereocenters. The molecule has 0 spiro atoms. The van der Waals surface area contributed by atoms with E-state index in [1.807, 2.05) is 41.8 Å². The van der Waals surface area contributed by atoms with E-state index in [1.165, 1.54) is 0 Å². The summed E-state index contributed by atoms with van der Waals surface area (Å²) in [5.41, 5.74) is 2.11. The van der Waals surface area contributed by atoms with Crippen LogP contribution in [0.3, 0.4) is 0 Å². The lowest BCUT2D eigenvalue weighted by Gasteiger charge is -2.03. The van der Waals surface area contributed by atoms with Gasteiger partial charge >= 0.3 is 0 Å². The van der Waals surface area contributed by atoms with E-state index >= 15 is 0 Å². The van der Waals surface area contributed by atoms with Gasteiger partial charge in [0, 0.05) is 10.4 Å². The zero-order valence-corrected chi connectivity index (χ0v) is 10.7. The standard InChI is InChI=1S/C15H14O2S/c16-9-4-7-14-8-10-18-15(14)12-17-11-13-5-2-1-3-6-13/h1-3,5-6,8,10,16H,9,11-12H2. The average molecular weight is 258 g/mol. The number of aliphatic hydroxyl groups is 1. The van der Waals surface area contributed by atoms with Crippen molar-refractivity contribution in [2.24, 2.45) is 0 Å². The molecule has 1 aromatic heterocycles. The normalized spacial score (nSPS) is 9.83. The number of rotatable bonds is 4. The molecule has 0 aliphatic rings. The van der Waals surface area contributed by atoms with Gasteiger partial charge in [-0.2, -0.15) is 0 Å². The van der Waals surface area contributed by atoms with Crippen molar-refractivity contribution in [3.63, 3.8) is 0 Å². The lowest BCUT2D eigenvalue weighted by molar-refractivity contribution is 0.109. The molecule has 0 fully saturated rings. The number of thiophene rings is 1. The summed E-state index contributed by atoms with van der Waals surface area (Å²) in [6, 6.07) is 12.0. The van der Waals surface area contributed by atoms with E-state index in [-0.39, 0.29) is 6.61 Å². The number of hydrogen-bond acceptors (Lipinski definition) is 3. The molecule has 2 nitrogen and oxygen atoms in total. The van der Waals surface area contributed by atoms with Crippen molar-refractivity contribution >= 4 is 11.3 Å². The predicted molar refractivity (Wildman–Crippen MR) is 73.2 cm³/mol. The fraction of sp³-hybridized carbons (Fsp3) is 0.200. The zero-order valence-electron chi connectivity index (χ0n) is 9.93. The van der Waals surface area contributed by atoms with E-state index in [1.54, 1.807) is 11.3 Å². The van der Waals surface area contributed by atoms with Gasteiger partial charge in [0.2, 0.25) is 0 Å². The molecule has 0 saturated heterocycles. The molecule has 0 unspecified atom stereocenters. The van der Waals surface area contributed by atoms with Crippen molar-refractivity contribution in [2.45, 2.75) is 13.2 Å². The van der Waals surface area contributed by atoms with Crippen LogP contribution in [0.4, 0.5) is 0 Å². The highest BCUT2D eigenvalue weighted by Crippen LogP contribution is 2.17. The summed E-state index contributed by atoms with van der Waals surface area (Å²) in [6.45, 7) is 1.05. The largest absolute Gasteiger partial charge is 0.384 e. The van der Waals surface area contributed by atoms with Gasteiger partial charge in [0.15, 0.2) is 0 Å². The van der Waals surface area contributed by atoms with Gasteiger partial charge < -0.3 is 9.84 Å². The van der Waals surface area contributed by atoms with E-state index in [2.05, 4.69) is 11.8 Å². The molecular weight excluding hydrogens is 244 g/mol. The predicted octanol–water partition coefficient (Wildman–Crippen LogP) is 2.81. The summed E-state index contributed by atoms with van der Waals surface area (Å²) in [7, 11) is 0. The third kappa shape index (κ3) is 3.71. The van der Waals surface area contributed by atoms with Crippen molar-refractivity contribution in [1.82, 2.24) is 0 Å². The fourth-order valence-electron chi connectivity index (χ4n) is 1.53. The number of ether oxygens (including phenoxy) is 1. The van der Waals surface area contributed by atoms with Gasteiger partial charge in [0.05, 0.1) is 13.2 Å². The van der Waals surface area contributed by atoms with Crippen LogP contribution in [0.5, 0.6) is 0 Å². The summed E-state index contributed by atoms with van der Waals surface area (Å²) in [5, 5.41) is 10.7. The molecule has 0 radical (unpaired) electrons. The summed E-state index contributed by atoms with van der Waals surface area (Å²) < 4.78 is 5.66. The number of benzene rings is 1. The van der Waals surface area contributed by atoms with Crippen molar-refractivity contribution < 1.29 is 9.84 Å². The lowest BCUT2D eigenvalue weighted by atomic mass is 10.2. The van der Waals surface area contributed by atoms with E-state index in [9.17, 15) is 0 Å². The minimum atomic E-state index is -0.111. The Balaban J connectivity index is 1.89. The number of aliphatic hydroxyl groups excluding tert-OH is 1. The summed E-state index contributed by atoms with van der Waals surface area (Å²) >= 11 is 1.63. The first-order valence-electron chi connectivity index (χ1n) is 5.68. The SMILES string of the molecule is OCC#Cc1ccsc1COCc1ccccc1. The Morgan fingerprint density at radius 3 is 2.72 bits per heavy atom. The molecule has 0 amide bonds. The Morgan fingerprint density at radius 1 is 1.11 bits per heavy atom. The van der Waals surface area contributed by atoms with Gasteiger partial charge in [-0.25, -0.2) is 0 Å². The zero-order chi connectivity index (χ0) is 12.6. The summed E-state index contributed by atoms with van der Waals surface area (Å²) in [6.07, 6.45) is 0. The second kappa shape index (κ2) is 6.97. The molecule has 92 valence electrons. The maximum Gasteiger partial charge on any atom is 0.104 e. The Kier molecular flexibility index (Phi) is 4.98. The smallest absolute Gasteiger partial charge is 0.104 e. The van der Waals surface area contributed by atoms with Crippen LogP contribution < -0.4 is 0 Å². The quantitative estimate of drug-likeness (QED) is 0.855. The molecule has 1 N–H and O–H groups in total. The molecule has 3 heteroatoms. The van der Waals surface area contributed by atoms with Gasteiger partial charge in [0.1, 0.15) is 6.61 Å². The Labute approximate surface area is 111 Å². The van der Waals surface area contributed by atoms with Crippen molar-refractivity contribution in [1.29, 1.82) is 0 Å². The molecule has 0 aliphatic heterocycles. The third-order valence-corrected chi connectivity index (χ3v) is 3.29. The Morgan fingerprint density at radius 2 is 1.94 bits per heavy atom. The van der Waals surface area contributed by atoms with Gasteiger partial charge in [-0.15, -0.1) is 11.3 Å². The van der Waals surface area contributed by atoms with E-state index in [0.29, 0.717) is 13.2 Å². The first-order valence-corrected chi connectivity index (χ1v) is 6.56. The molecule has 0 bridgehead atoms. The first kappa shape index (κ1) is 12.8. The third-order valence-electron chi connectivity index (χ3n) is 2.39. The topological polar surface area (TPSA) is 29.5 Å². The van der Waals surface area contributed by atoms with E-state index < -0.39 is 0 Å². The van der Waals surface area contributed by atoms with Crippen molar-refractivity contribution in [2.75, 3.05) is 6.61 Å². The second-order valence-electron chi connectivity index (χ2n) is 3.70. The fourth-order valence-corrected chi connectivity index (χ4v) is 2.30. The molecule has 2 aromatic rings. The summed E-state index contributed by atoms with van der Waals surface area (Å²) in [4.78, 5) is 1.10. The second-order valence-corrected chi connectivity index (χ2v) is 4.70. The average Bonchev–Trinajstić information content (AvgIpc) is 2.85. The highest BCUT2D eigenvalue weighted by atomic mass is 32.1. The van der Waals surface area contributed by atoms with Crippen LogP contribution in [0.25, 0.3) is 0 Å². The number of hydrogen-bond donors (Lipinski definition) is 1. The molecule has 0 saturated carbocycles. The van der Waals surface area contributed by atoms with Crippen LogP contribution in [0.1, 0.15) is 16.0 Å². The first-order chi connectivity index (χ1) is 8.90. The molecular formula is C15H14O2S. The highest BCUT2D eigenvalue weighted by molar-refractivity contribution is 7.10. The Bertz CT molecular complexity index is 534. The molecule has 0 aliphatic carbocycles. The van der Waals surface area contributed by atoms with Crippen LogP contribution >= 0.6 is 11.3 Å². The van der Waals surface area contributed by atoms with Crippen LogP contribution in [0.15, 0.2) is 41.8 Å². The van der Waals surface area contributed by atoms with Crippen molar-refractivity contribution in [3.8, 4) is 11.8 Å². The maximum atomic E-state index is 8.68. The maximum absolute atomic E-state index is 8.68. The molecule has 1 aromatic carbocycles. The van der Waals surface area contributed by atoms with Gasteiger partial charge in [-0.1, -0.05) is 42.2 Å². The monoisotopic (exact) mass is 258 g/mol.